The number of nitrogens with two attached hydrogens (primary N) is 1. The summed E-state index contributed by atoms with van der Waals surface area (Å²) in [5, 5.41) is 3.80. The average Bonchev–Trinajstić information content (AvgIpc) is 3.17. The fourth-order valence-corrected chi connectivity index (χ4v) is 2.99. The van der Waals surface area contributed by atoms with Gasteiger partial charge in [-0.05, 0) is 18.0 Å². The molecule has 2 N–H and O–H groups in total. The predicted octanol–water partition coefficient (Wildman–Crippen LogP) is 1.42. The molecule has 2 atom stereocenters. The molecule has 0 radical (unpaired) electrons. The fourth-order valence-electron chi connectivity index (χ4n) is 2.99. The first-order valence-electron chi connectivity index (χ1n) is 7.20. The Morgan fingerprint density at radius 3 is 2.76 bits per heavy atom. The van der Waals surface area contributed by atoms with Gasteiger partial charge < -0.3 is 15.2 Å². The van der Waals surface area contributed by atoms with Crippen molar-refractivity contribution in [2.75, 3.05) is 19.6 Å². The van der Waals surface area contributed by atoms with Crippen LogP contribution in [0.4, 0.5) is 0 Å². The molecular weight excluding hydrogens is 266 g/mol. The van der Waals surface area contributed by atoms with E-state index >= 15 is 0 Å². The Morgan fingerprint density at radius 1 is 1.29 bits per heavy atom. The molecule has 1 saturated heterocycles. The molecule has 1 aromatic carbocycles. The molecular formula is C16H19N3O2. The normalized spacial score (nSPS) is 21.7. The lowest BCUT2D eigenvalue weighted by Crippen LogP contribution is -2.31. The number of likely N-dealkylation sites (tertiary alicyclic amines) is 1. The summed E-state index contributed by atoms with van der Waals surface area (Å²) in [6.07, 6.45) is 1.78. The standard InChI is InChI=1S/C16H19N3O2/c17-9-13-10-19(16(20)8-14-6-7-21-18-14)11-15(13)12-4-2-1-3-5-12/h1-7,13,15H,8-11,17H2/t13-,15+/m1/s1. The Bertz CT molecular complexity index is 583. The first-order chi connectivity index (χ1) is 10.3. The Hall–Kier alpha value is -2.14. The SMILES string of the molecule is NC[C@@H]1CN(C(=O)Cc2ccon2)C[C@H]1c1ccccc1. The van der Waals surface area contributed by atoms with Crippen LogP contribution < -0.4 is 5.73 Å². The maximum Gasteiger partial charge on any atom is 0.228 e. The average molecular weight is 285 g/mol. The highest BCUT2D eigenvalue weighted by Crippen LogP contribution is 2.32. The minimum Gasteiger partial charge on any atom is -0.364 e. The van der Waals surface area contributed by atoms with Gasteiger partial charge in [-0.1, -0.05) is 35.5 Å². The van der Waals surface area contributed by atoms with Crippen molar-refractivity contribution in [2.45, 2.75) is 12.3 Å². The number of hydrogen-bond donors (Lipinski definition) is 1. The van der Waals surface area contributed by atoms with E-state index in [2.05, 4.69) is 17.3 Å². The molecule has 0 bridgehead atoms. The summed E-state index contributed by atoms with van der Waals surface area (Å²) in [6, 6.07) is 12.0. The lowest BCUT2D eigenvalue weighted by molar-refractivity contribution is -0.129. The van der Waals surface area contributed by atoms with Crippen LogP contribution in [0.1, 0.15) is 17.2 Å². The van der Waals surface area contributed by atoms with Gasteiger partial charge in [-0.2, -0.15) is 0 Å². The third-order valence-electron chi connectivity index (χ3n) is 4.15. The molecule has 0 saturated carbocycles. The van der Waals surface area contributed by atoms with Gasteiger partial charge in [0.1, 0.15) is 6.26 Å². The molecule has 1 fully saturated rings. The van der Waals surface area contributed by atoms with Crippen molar-refractivity contribution in [3.05, 3.63) is 53.9 Å². The Labute approximate surface area is 123 Å². The number of benzene rings is 1. The van der Waals surface area contributed by atoms with Crippen molar-refractivity contribution < 1.29 is 9.32 Å². The van der Waals surface area contributed by atoms with Crippen molar-refractivity contribution >= 4 is 5.91 Å². The van der Waals surface area contributed by atoms with E-state index in [0.717, 1.165) is 6.54 Å². The van der Waals surface area contributed by atoms with Crippen molar-refractivity contribution in [1.29, 1.82) is 0 Å². The molecule has 0 spiro atoms. The van der Waals surface area contributed by atoms with Gasteiger partial charge in [0.2, 0.25) is 5.91 Å². The van der Waals surface area contributed by atoms with Crippen LogP contribution in [0.2, 0.25) is 0 Å². The second-order valence-electron chi connectivity index (χ2n) is 5.48. The number of carbonyl (C=O) groups excluding carboxylic acids is 1. The molecule has 3 rings (SSSR count). The topological polar surface area (TPSA) is 72.4 Å². The van der Waals surface area contributed by atoms with Gasteiger partial charge >= 0.3 is 0 Å². The van der Waals surface area contributed by atoms with Crippen LogP contribution in [0.3, 0.4) is 0 Å². The van der Waals surface area contributed by atoms with Crippen LogP contribution in [-0.4, -0.2) is 35.6 Å². The second-order valence-corrected chi connectivity index (χ2v) is 5.48. The summed E-state index contributed by atoms with van der Waals surface area (Å²) >= 11 is 0. The van der Waals surface area contributed by atoms with Crippen LogP contribution in [0.5, 0.6) is 0 Å². The largest absolute Gasteiger partial charge is 0.364 e. The maximum absolute atomic E-state index is 12.4. The number of nitrogens with zero attached hydrogens (tertiary/aromatic N) is 2. The molecule has 21 heavy (non-hydrogen) atoms. The summed E-state index contributed by atoms with van der Waals surface area (Å²) in [4.78, 5) is 14.2. The van der Waals surface area contributed by atoms with Gasteiger partial charge in [-0.3, -0.25) is 4.79 Å². The zero-order chi connectivity index (χ0) is 14.7. The number of aromatic nitrogens is 1. The first kappa shape index (κ1) is 13.8. The van der Waals surface area contributed by atoms with E-state index < -0.39 is 0 Å². The van der Waals surface area contributed by atoms with Crippen LogP contribution in [-0.2, 0) is 11.2 Å². The quantitative estimate of drug-likeness (QED) is 0.922. The molecule has 2 heterocycles. The summed E-state index contributed by atoms with van der Waals surface area (Å²) in [7, 11) is 0. The monoisotopic (exact) mass is 285 g/mol. The van der Waals surface area contributed by atoms with Gasteiger partial charge in [-0.15, -0.1) is 0 Å². The summed E-state index contributed by atoms with van der Waals surface area (Å²) in [5.74, 6) is 0.715. The number of carbonyl (C=O) groups is 1. The van der Waals surface area contributed by atoms with Gasteiger partial charge in [0.05, 0.1) is 12.1 Å². The van der Waals surface area contributed by atoms with Gasteiger partial charge in [0.15, 0.2) is 0 Å². The molecule has 0 unspecified atom stereocenters. The zero-order valence-electron chi connectivity index (χ0n) is 11.8. The molecule has 110 valence electrons. The smallest absolute Gasteiger partial charge is 0.228 e. The van der Waals surface area contributed by atoms with Crippen LogP contribution >= 0.6 is 0 Å². The van der Waals surface area contributed by atoms with E-state index in [4.69, 9.17) is 10.3 Å². The van der Waals surface area contributed by atoms with Crippen LogP contribution in [0.25, 0.3) is 0 Å². The number of amides is 1. The second kappa shape index (κ2) is 6.10. The summed E-state index contributed by atoms with van der Waals surface area (Å²) < 4.78 is 4.77. The molecule has 1 amide bonds. The Kier molecular flexibility index (Phi) is 4.01. The van der Waals surface area contributed by atoms with E-state index in [1.54, 1.807) is 6.07 Å². The summed E-state index contributed by atoms with van der Waals surface area (Å²) in [6.45, 7) is 2.03. The first-order valence-corrected chi connectivity index (χ1v) is 7.20. The van der Waals surface area contributed by atoms with Gasteiger partial charge in [-0.25, -0.2) is 0 Å². The van der Waals surface area contributed by atoms with Gasteiger partial charge in [0.25, 0.3) is 0 Å². The Balaban J connectivity index is 1.70. The highest BCUT2D eigenvalue weighted by molar-refractivity contribution is 5.78. The highest BCUT2D eigenvalue weighted by atomic mass is 16.5. The van der Waals surface area contributed by atoms with E-state index in [0.29, 0.717) is 30.6 Å². The van der Waals surface area contributed by atoms with Crippen LogP contribution in [0, 0.1) is 5.92 Å². The van der Waals surface area contributed by atoms with Crippen molar-refractivity contribution in [3.63, 3.8) is 0 Å². The lowest BCUT2D eigenvalue weighted by atomic mass is 9.89. The predicted molar refractivity (Wildman–Crippen MR) is 78.5 cm³/mol. The number of hydrogen-bond acceptors (Lipinski definition) is 4. The molecule has 5 nitrogen and oxygen atoms in total. The number of rotatable bonds is 4. The molecule has 1 aliphatic heterocycles. The molecule has 5 heteroatoms. The van der Waals surface area contributed by atoms with Crippen molar-refractivity contribution in [1.82, 2.24) is 10.1 Å². The fraction of sp³-hybridized carbons (Fsp3) is 0.375. The lowest BCUT2D eigenvalue weighted by Gasteiger charge is -2.16. The van der Waals surface area contributed by atoms with Crippen LogP contribution in [0.15, 0.2) is 47.2 Å². The van der Waals surface area contributed by atoms with E-state index in [9.17, 15) is 4.79 Å². The third kappa shape index (κ3) is 2.97. The summed E-state index contributed by atoms with van der Waals surface area (Å²) in [5.41, 5.74) is 7.82. The minimum absolute atomic E-state index is 0.0841. The Morgan fingerprint density at radius 2 is 2.10 bits per heavy atom. The zero-order valence-corrected chi connectivity index (χ0v) is 11.8. The third-order valence-corrected chi connectivity index (χ3v) is 4.15. The van der Waals surface area contributed by atoms with E-state index in [1.807, 2.05) is 23.1 Å². The minimum atomic E-state index is 0.0841. The van der Waals surface area contributed by atoms with E-state index in [1.165, 1.54) is 11.8 Å². The molecule has 1 aromatic heterocycles. The van der Waals surface area contributed by atoms with Gasteiger partial charge in [0, 0.05) is 25.1 Å². The van der Waals surface area contributed by atoms with Crippen molar-refractivity contribution in [2.24, 2.45) is 11.7 Å². The molecule has 1 aliphatic rings. The molecule has 0 aliphatic carbocycles. The molecule has 2 aromatic rings. The maximum atomic E-state index is 12.4. The van der Waals surface area contributed by atoms with Crippen molar-refractivity contribution in [3.8, 4) is 0 Å². The van der Waals surface area contributed by atoms with E-state index in [-0.39, 0.29) is 12.3 Å². The highest BCUT2D eigenvalue weighted by Gasteiger charge is 2.35.